The molecule has 2 N–H and O–H groups in total. The SMILES string of the molecule is Cc1ccc([N+](=O)[O-])cc1S(=O)(=O)Oc1ccc(C(=O)OCC(=O)NC(=O)NCC(C)C)cc1. The first-order valence-electron chi connectivity index (χ1n) is 9.93. The summed E-state index contributed by atoms with van der Waals surface area (Å²) in [4.78, 5) is 45.1. The molecule has 0 aliphatic rings. The van der Waals surface area contributed by atoms with Crippen LogP contribution in [0, 0.1) is 23.0 Å². The predicted molar refractivity (Wildman–Crippen MR) is 119 cm³/mol. The summed E-state index contributed by atoms with van der Waals surface area (Å²) in [7, 11) is -4.39. The minimum Gasteiger partial charge on any atom is -0.452 e. The van der Waals surface area contributed by atoms with E-state index >= 15 is 0 Å². The van der Waals surface area contributed by atoms with Gasteiger partial charge in [-0.1, -0.05) is 19.9 Å². The molecule has 12 nitrogen and oxygen atoms in total. The molecule has 0 radical (unpaired) electrons. The Balaban J connectivity index is 1.98. The number of rotatable bonds is 9. The van der Waals surface area contributed by atoms with E-state index in [1.807, 2.05) is 19.2 Å². The van der Waals surface area contributed by atoms with Gasteiger partial charge in [-0.05, 0) is 42.7 Å². The third-order valence-corrected chi connectivity index (χ3v) is 5.60. The molecule has 0 atom stereocenters. The summed E-state index contributed by atoms with van der Waals surface area (Å²) in [5, 5.41) is 15.4. The number of carbonyl (C=O) groups excluding carboxylic acids is 3. The molecule has 2 aromatic rings. The zero-order chi connectivity index (χ0) is 25.5. The van der Waals surface area contributed by atoms with E-state index in [9.17, 15) is 32.9 Å². The van der Waals surface area contributed by atoms with Crippen LogP contribution in [0.25, 0.3) is 0 Å². The average Bonchev–Trinajstić information content (AvgIpc) is 2.76. The second-order valence-corrected chi connectivity index (χ2v) is 9.01. The van der Waals surface area contributed by atoms with Gasteiger partial charge in [-0.15, -0.1) is 0 Å². The van der Waals surface area contributed by atoms with E-state index in [1.165, 1.54) is 43.3 Å². The van der Waals surface area contributed by atoms with Crippen molar-refractivity contribution in [3.05, 3.63) is 63.7 Å². The van der Waals surface area contributed by atoms with E-state index in [0.29, 0.717) is 6.54 Å². The Morgan fingerprint density at radius 1 is 1.09 bits per heavy atom. The predicted octanol–water partition coefficient (Wildman–Crippen LogP) is 2.31. The Labute approximate surface area is 195 Å². The molecule has 182 valence electrons. The summed E-state index contributed by atoms with van der Waals surface area (Å²) >= 11 is 0. The van der Waals surface area contributed by atoms with Gasteiger partial charge in [0.05, 0.1) is 10.5 Å². The molecule has 0 heterocycles. The van der Waals surface area contributed by atoms with Crippen molar-refractivity contribution in [2.75, 3.05) is 13.2 Å². The van der Waals surface area contributed by atoms with Gasteiger partial charge in [0.25, 0.3) is 11.6 Å². The number of nitrogens with zero attached hydrogens (tertiary/aromatic N) is 1. The zero-order valence-corrected chi connectivity index (χ0v) is 19.4. The molecule has 0 aromatic heterocycles. The number of esters is 1. The molecule has 0 fully saturated rings. The van der Waals surface area contributed by atoms with Crippen molar-refractivity contribution in [2.45, 2.75) is 25.7 Å². The highest BCUT2D eigenvalue weighted by Crippen LogP contribution is 2.25. The van der Waals surface area contributed by atoms with Crippen LogP contribution >= 0.6 is 0 Å². The number of nitrogens with one attached hydrogen (secondary N) is 2. The van der Waals surface area contributed by atoms with Crippen LogP contribution in [0.3, 0.4) is 0 Å². The third-order valence-electron chi connectivity index (χ3n) is 4.21. The first-order chi connectivity index (χ1) is 15.9. The van der Waals surface area contributed by atoms with Crippen molar-refractivity contribution in [2.24, 2.45) is 5.92 Å². The molecule has 13 heteroatoms. The number of non-ortho nitro benzene ring substituents is 1. The molecule has 0 saturated carbocycles. The van der Waals surface area contributed by atoms with E-state index in [2.05, 4.69) is 5.32 Å². The van der Waals surface area contributed by atoms with Crippen LogP contribution in [0.2, 0.25) is 0 Å². The molecular formula is C21H23N3O9S. The molecule has 2 aromatic carbocycles. The number of ether oxygens (including phenoxy) is 1. The zero-order valence-electron chi connectivity index (χ0n) is 18.6. The topological polar surface area (TPSA) is 171 Å². The highest BCUT2D eigenvalue weighted by atomic mass is 32.2. The second kappa shape index (κ2) is 11.2. The van der Waals surface area contributed by atoms with E-state index in [4.69, 9.17) is 8.92 Å². The molecule has 0 unspecified atom stereocenters. The smallest absolute Gasteiger partial charge is 0.339 e. The van der Waals surface area contributed by atoms with E-state index < -0.39 is 45.2 Å². The van der Waals surface area contributed by atoms with Crippen molar-refractivity contribution in [3.8, 4) is 5.75 Å². The summed E-state index contributed by atoms with van der Waals surface area (Å²) in [6.45, 7) is 4.88. The maximum atomic E-state index is 12.6. The molecule has 3 amide bonds. The Kier molecular flexibility index (Phi) is 8.67. The number of urea groups is 1. The van der Waals surface area contributed by atoms with Crippen LogP contribution in [0.5, 0.6) is 5.75 Å². The van der Waals surface area contributed by atoms with Gasteiger partial charge in [-0.25, -0.2) is 9.59 Å². The van der Waals surface area contributed by atoms with Gasteiger partial charge in [0.1, 0.15) is 10.6 Å². The van der Waals surface area contributed by atoms with Crippen molar-refractivity contribution < 1.29 is 36.6 Å². The quantitative estimate of drug-likeness (QED) is 0.230. The first-order valence-corrected chi connectivity index (χ1v) is 11.3. The number of nitro groups is 1. The average molecular weight is 493 g/mol. The number of hydrogen-bond donors (Lipinski definition) is 2. The summed E-state index contributed by atoms with van der Waals surface area (Å²) < 4.78 is 34.9. The van der Waals surface area contributed by atoms with Gasteiger partial charge in [-0.3, -0.25) is 20.2 Å². The molecule has 2 rings (SSSR count). The number of benzene rings is 2. The van der Waals surface area contributed by atoms with Gasteiger partial charge in [0, 0.05) is 18.7 Å². The van der Waals surface area contributed by atoms with E-state index in [1.54, 1.807) is 0 Å². The highest BCUT2D eigenvalue weighted by molar-refractivity contribution is 7.87. The third kappa shape index (κ3) is 7.55. The van der Waals surface area contributed by atoms with Crippen molar-refractivity contribution in [1.29, 1.82) is 0 Å². The first kappa shape index (κ1) is 26.3. The molecule has 0 aliphatic carbocycles. The van der Waals surface area contributed by atoms with Crippen molar-refractivity contribution in [3.63, 3.8) is 0 Å². The molecule has 34 heavy (non-hydrogen) atoms. The maximum absolute atomic E-state index is 12.6. The summed E-state index contributed by atoms with van der Waals surface area (Å²) in [6.07, 6.45) is 0. The molecule has 0 saturated heterocycles. The molecule has 0 spiro atoms. The number of imide groups is 1. The van der Waals surface area contributed by atoms with E-state index in [0.717, 1.165) is 6.07 Å². The largest absolute Gasteiger partial charge is 0.452 e. The maximum Gasteiger partial charge on any atom is 0.339 e. The minimum atomic E-state index is -4.39. The lowest BCUT2D eigenvalue weighted by Crippen LogP contribution is -2.42. The normalized spacial score (nSPS) is 10.9. The minimum absolute atomic E-state index is 0.00617. The molecular weight excluding hydrogens is 470 g/mol. The van der Waals surface area contributed by atoms with Gasteiger partial charge in [-0.2, -0.15) is 8.42 Å². The van der Waals surface area contributed by atoms with Crippen LogP contribution in [-0.4, -0.2) is 44.4 Å². The number of carbonyl (C=O) groups is 3. The molecule has 0 aliphatic heterocycles. The van der Waals surface area contributed by atoms with Gasteiger partial charge in [0.2, 0.25) is 0 Å². The monoisotopic (exact) mass is 493 g/mol. The van der Waals surface area contributed by atoms with Crippen molar-refractivity contribution in [1.82, 2.24) is 10.6 Å². The standard InChI is InChI=1S/C21H23N3O9S/c1-13(2)11-22-21(27)23-19(25)12-32-20(26)15-5-8-17(9-6-15)33-34(30,31)18-10-16(24(28)29)7-4-14(18)3/h4-10,13H,11-12H2,1-3H3,(H2,22,23,25,27). The van der Waals surface area contributed by atoms with Crippen molar-refractivity contribution >= 4 is 33.7 Å². The highest BCUT2D eigenvalue weighted by Gasteiger charge is 2.23. The van der Waals surface area contributed by atoms with Gasteiger partial charge in [0.15, 0.2) is 6.61 Å². The van der Waals surface area contributed by atoms with Gasteiger partial charge < -0.3 is 14.2 Å². The molecule has 0 bridgehead atoms. The lowest BCUT2D eigenvalue weighted by molar-refractivity contribution is -0.385. The summed E-state index contributed by atoms with van der Waals surface area (Å²) in [6, 6.07) is 7.42. The number of amides is 3. The van der Waals surface area contributed by atoms with Crippen LogP contribution in [0.4, 0.5) is 10.5 Å². The number of nitro benzene ring substituents is 1. The number of aryl methyl sites for hydroxylation is 1. The Hall–Kier alpha value is -4.00. The van der Waals surface area contributed by atoms with Crippen LogP contribution in [0.15, 0.2) is 47.4 Å². The lowest BCUT2D eigenvalue weighted by Gasteiger charge is -2.10. The van der Waals surface area contributed by atoms with Crippen LogP contribution < -0.4 is 14.8 Å². The van der Waals surface area contributed by atoms with Gasteiger partial charge >= 0.3 is 22.1 Å². The lowest BCUT2D eigenvalue weighted by atomic mass is 10.2. The summed E-state index contributed by atoms with van der Waals surface area (Å²) in [5.74, 6) is -1.67. The fourth-order valence-electron chi connectivity index (χ4n) is 2.51. The van der Waals surface area contributed by atoms with Crippen LogP contribution in [0.1, 0.15) is 29.8 Å². The fourth-order valence-corrected chi connectivity index (χ4v) is 3.69. The van der Waals surface area contributed by atoms with Crippen LogP contribution in [-0.2, 0) is 19.6 Å². The second-order valence-electron chi connectivity index (χ2n) is 7.50. The Bertz CT molecular complexity index is 1190. The Morgan fingerprint density at radius 3 is 2.32 bits per heavy atom. The summed E-state index contributed by atoms with van der Waals surface area (Å²) in [5.41, 5.74) is -0.164. The number of hydrogen-bond acceptors (Lipinski definition) is 9. The Morgan fingerprint density at radius 2 is 1.74 bits per heavy atom. The van der Waals surface area contributed by atoms with E-state index in [-0.39, 0.29) is 27.7 Å². The fraction of sp³-hybridized carbons (Fsp3) is 0.286.